The van der Waals surface area contributed by atoms with Crippen molar-refractivity contribution in [1.82, 2.24) is 19.7 Å². The molecule has 5 heteroatoms. The van der Waals surface area contributed by atoms with Crippen molar-refractivity contribution in [3.8, 4) is 0 Å². The number of hydrogen-bond acceptors (Lipinski definition) is 4. The lowest BCUT2D eigenvalue weighted by molar-refractivity contribution is 0.443. The predicted molar refractivity (Wildman–Crippen MR) is 84.3 cm³/mol. The second-order valence-corrected chi connectivity index (χ2v) is 5.41. The molecular weight excluding hydrogens is 262 g/mol. The molecule has 0 saturated carbocycles. The summed E-state index contributed by atoms with van der Waals surface area (Å²) in [5.74, 6) is 0.865. The van der Waals surface area contributed by atoms with Gasteiger partial charge in [0.25, 0.3) is 0 Å². The van der Waals surface area contributed by atoms with Crippen LogP contribution in [0.5, 0.6) is 0 Å². The van der Waals surface area contributed by atoms with Crippen LogP contribution in [0.3, 0.4) is 0 Å². The topological polar surface area (TPSA) is 55.6 Å². The number of para-hydroxylation sites is 1. The molecule has 2 atom stereocenters. The quantitative estimate of drug-likeness (QED) is 0.798. The Hall–Kier alpha value is -2.43. The largest absolute Gasteiger partial charge is 0.365 e. The molecule has 21 heavy (non-hydrogen) atoms. The van der Waals surface area contributed by atoms with Gasteiger partial charge in [-0.05, 0) is 38.5 Å². The van der Waals surface area contributed by atoms with E-state index in [0.717, 1.165) is 16.7 Å². The van der Waals surface area contributed by atoms with Gasteiger partial charge in [0, 0.05) is 17.6 Å². The van der Waals surface area contributed by atoms with Crippen LogP contribution < -0.4 is 5.32 Å². The number of aryl methyl sites for hydroxylation is 1. The van der Waals surface area contributed by atoms with Crippen LogP contribution in [0.1, 0.15) is 25.5 Å². The highest BCUT2D eigenvalue weighted by Gasteiger charge is 2.16. The van der Waals surface area contributed by atoms with Crippen LogP contribution in [0.25, 0.3) is 10.9 Å². The van der Waals surface area contributed by atoms with Crippen molar-refractivity contribution >= 4 is 16.7 Å². The molecular formula is C16H19N5. The average molecular weight is 281 g/mol. The molecule has 0 radical (unpaired) electrons. The third-order valence-corrected chi connectivity index (χ3v) is 3.78. The van der Waals surface area contributed by atoms with Crippen LogP contribution in [0.15, 0.2) is 43.0 Å². The van der Waals surface area contributed by atoms with Gasteiger partial charge in [0.2, 0.25) is 0 Å². The van der Waals surface area contributed by atoms with Crippen molar-refractivity contribution in [2.45, 2.75) is 32.9 Å². The summed E-state index contributed by atoms with van der Waals surface area (Å²) in [7, 11) is 0. The highest BCUT2D eigenvalue weighted by Crippen LogP contribution is 2.21. The van der Waals surface area contributed by atoms with E-state index in [1.54, 1.807) is 6.33 Å². The van der Waals surface area contributed by atoms with E-state index in [2.05, 4.69) is 40.4 Å². The fraction of sp³-hybridized carbons (Fsp3) is 0.312. The number of benzene rings is 1. The van der Waals surface area contributed by atoms with Gasteiger partial charge in [-0.3, -0.25) is 4.68 Å². The van der Waals surface area contributed by atoms with Crippen LogP contribution >= 0.6 is 0 Å². The summed E-state index contributed by atoms with van der Waals surface area (Å²) < 4.78 is 1.98. The monoisotopic (exact) mass is 281 g/mol. The minimum atomic E-state index is 0.197. The minimum Gasteiger partial charge on any atom is -0.365 e. The summed E-state index contributed by atoms with van der Waals surface area (Å²) in [6, 6.07) is 8.44. The van der Waals surface area contributed by atoms with E-state index in [4.69, 9.17) is 0 Å². The lowest BCUT2D eigenvalue weighted by Crippen LogP contribution is -2.27. The van der Waals surface area contributed by atoms with Crippen molar-refractivity contribution in [3.63, 3.8) is 0 Å². The van der Waals surface area contributed by atoms with E-state index in [0.29, 0.717) is 0 Å². The van der Waals surface area contributed by atoms with E-state index in [1.165, 1.54) is 5.56 Å². The summed E-state index contributed by atoms with van der Waals surface area (Å²) in [6.07, 6.45) is 5.53. The van der Waals surface area contributed by atoms with Gasteiger partial charge in [-0.2, -0.15) is 5.10 Å². The Morgan fingerprint density at radius 2 is 1.95 bits per heavy atom. The molecule has 2 aromatic heterocycles. The minimum absolute atomic E-state index is 0.197. The Balaban J connectivity index is 1.84. The predicted octanol–water partition coefficient (Wildman–Crippen LogP) is 3.20. The smallest absolute Gasteiger partial charge is 0.137 e. The van der Waals surface area contributed by atoms with Crippen molar-refractivity contribution in [2.24, 2.45) is 0 Å². The molecule has 0 spiro atoms. The van der Waals surface area contributed by atoms with E-state index >= 15 is 0 Å². The Labute approximate surface area is 124 Å². The lowest BCUT2D eigenvalue weighted by atomic mass is 10.1. The number of rotatable bonds is 4. The molecule has 1 N–H and O–H groups in total. The molecule has 2 heterocycles. The number of fused-ring (bicyclic) bond motifs is 1. The molecule has 0 amide bonds. The Kier molecular flexibility index (Phi) is 3.56. The van der Waals surface area contributed by atoms with Gasteiger partial charge < -0.3 is 5.32 Å². The zero-order valence-corrected chi connectivity index (χ0v) is 12.5. The maximum Gasteiger partial charge on any atom is 0.137 e. The second-order valence-electron chi connectivity index (χ2n) is 5.41. The Morgan fingerprint density at radius 3 is 2.71 bits per heavy atom. The molecule has 1 aromatic carbocycles. The summed E-state index contributed by atoms with van der Waals surface area (Å²) in [5.41, 5.74) is 2.12. The summed E-state index contributed by atoms with van der Waals surface area (Å²) in [6.45, 7) is 6.33. The van der Waals surface area contributed by atoms with Gasteiger partial charge in [-0.1, -0.05) is 12.1 Å². The van der Waals surface area contributed by atoms with Gasteiger partial charge in [0.1, 0.15) is 12.1 Å². The number of nitrogens with zero attached hydrogens (tertiary/aromatic N) is 4. The molecule has 0 aliphatic carbocycles. The van der Waals surface area contributed by atoms with Crippen molar-refractivity contribution < 1.29 is 0 Å². The number of nitrogens with one attached hydrogen (secondary N) is 1. The molecule has 0 aliphatic heterocycles. The zero-order valence-electron chi connectivity index (χ0n) is 12.5. The maximum atomic E-state index is 4.38. The highest BCUT2D eigenvalue weighted by molar-refractivity contribution is 5.88. The van der Waals surface area contributed by atoms with Gasteiger partial charge in [-0.15, -0.1) is 0 Å². The fourth-order valence-electron chi connectivity index (χ4n) is 2.34. The average Bonchev–Trinajstić information content (AvgIpc) is 2.93. The van der Waals surface area contributed by atoms with E-state index in [9.17, 15) is 0 Å². The third kappa shape index (κ3) is 2.72. The molecule has 0 bridgehead atoms. The van der Waals surface area contributed by atoms with Crippen LogP contribution in [0, 0.1) is 6.92 Å². The molecule has 0 saturated heterocycles. The molecule has 3 rings (SSSR count). The summed E-state index contributed by atoms with van der Waals surface area (Å²) in [5, 5.41) is 8.90. The lowest BCUT2D eigenvalue weighted by Gasteiger charge is -2.22. The van der Waals surface area contributed by atoms with E-state index in [-0.39, 0.29) is 12.1 Å². The standard InChI is InChI=1S/C16H19N5/c1-11-8-19-21(9-11)13(3)12(2)20-16-14-6-4-5-7-15(14)17-10-18-16/h4-10,12-13H,1-3H3,(H,17,18,20)/t12-,13+/m1/s1. The van der Waals surface area contributed by atoms with Gasteiger partial charge in [0.15, 0.2) is 0 Å². The molecule has 0 aliphatic rings. The summed E-state index contributed by atoms with van der Waals surface area (Å²) in [4.78, 5) is 8.66. The van der Waals surface area contributed by atoms with Crippen molar-refractivity contribution in [3.05, 3.63) is 48.5 Å². The van der Waals surface area contributed by atoms with Gasteiger partial charge in [0.05, 0.1) is 17.8 Å². The Morgan fingerprint density at radius 1 is 1.14 bits per heavy atom. The molecule has 0 fully saturated rings. The first-order valence-electron chi connectivity index (χ1n) is 7.12. The normalized spacial score (nSPS) is 14.0. The SMILES string of the molecule is Cc1cnn([C@@H](C)[C@@H](C)Nc2ncnc3ccccc23)c1. The molecule has 108 valence electrons. The van der Waals surface area contributed by atoms with Crippen LogP contribution in [0.4, 0.5) is 5.82 Å². The fourth-order valence-corrected chi connectivity index (χ4v) is 2.34. The van der Waals surface area contributed by atoms with Crippen LogP contribution in [0.2, 0.25) is 0 Å². The third-order valence-electron chi connectivity index (χ3n) is 3.78. The molecule has 5 nitrogen and oxygen atoms in total. The summed E-state index contributed by atoms with van der Waals surface area (Å²) >= 11 is 0. The number of aromatic nitrogens is 4. The Bertz CT molecular complexity index is 744. The first-order valence-corrected chi connectivity index (χ1v) is 7.12. The highest BCUT2D eigenvalue weighted by atomic mass is 15.3. The van der Waals surface area contributed by atoms with Gasteiger partial charge >= 0.3 is 0 Å². The number of hydrogen-bond donors (Lipinski definition) is 1. The molecule has 3 aromatic rings. The van der Waals surface area contributed by atoms with Crippen molar-refractivity contribution in [2.75, 3.05) is 5.32 Å². The first kappa shape index (κ1) is 13.5. The van der Waals surface area contributed by atoms with E-state index in [1.807, 2.05) is 42.1 Å². The van der Waals surface area contributed by atoms with E-state index < -0.39 is 0 Å². The van der Waals surface area contributed by atoms with Crippen LogP contribution in [-0.4, -0.2) is 25.8 Å². The number of anilines is 1. The first-order chi connectivity index (χ1) is 10.1. The second kappa shape index (κ2) is 5.52. The zero-order chi connectivity index (χ0) is 14.8. The maximum absolute atomic E-state index is 4.38. The van der Waals surface area contributed by atoms with Crippen LogP contribution in [-0.2, 0) is 0 Å². The van der Waals surface area contributed by atoms with Crippen molar-refractivity contribution in [1.29, 1.82) is 0 Å². The van der Waals surface area contributed by atoms with Gasteiger partial charge in [-0.25, -0.2) is 9.97 Å². The molecule has 0 unspecified atom stereocenters.